The maximum Gasteiger partial charge on any atom is 0.335 e. The molecule has 2 heterocycles. The maximum absolute atomic E-state index is 12.1. The lowest BCUT2D eigenvalue weighted by atomic mass is 10.1. The van der Waals surface area contributed by atoms with Gasteiger partial charge in [-0.1, -0.05) is 12.1 Å². The van der Waals surface area contributed by atoms with Crippen LogP contribution in [0.4, 0.5) is 0 Å². The molecule has 0 atom stereocenters. The van der Waals surface area contributed by atoms with Gasteiger partial charge >= 0.3 is 5.97 Å². The van der Waals surface area contributed by atoms with Gasteiger partial charge in [0.1, 0.15) is 5.65 Å². The number of nitrogens with zero attached hydrogens (tertiary/aromatic N) is 2. The van der Waals surface area contributed by atoms with Crippen LogP contribution < -0.4 is 5.32 Å². The first-order chi connectivity index (χ1) is 11.1. The number of carbonyl (C=O) groups excluding carboxylic acids is 1. The van der Waals surface area contributed by atoms with Crippen LogP contribution in [-0.4, -0.2) is 32.9 Å². The van der Waals surface area contributed by atoms with Crippen LogP contribution in [0, 0.1) is 0 Å². The number of benzene rings is 1. The number of aromatic carboxylic acids is 1. The van der Waals surface area contributed by atoms with E-state index in [9.17, 15) is 9.59 Å². The zero-order valence-corrected chi connectivity index (χ0v) is 12.3. The molecule has 0 aliphatic rings. The van der Waals surface area contributed by atoms with E-state index in [-0.39, 0.29) is 11.5 Å². The lowest BCUT2D eigenvalue weighted by molar-refractivity contribution is 0.0696. The highest BCUT2D eigenvalue weighted by Crippen LogP contribution is 2.06. The van der Waals surface area contributed by atoms with E-state index in [1.54, 1.807) is 59.4 Å². The highest BCUT2D eigenvalue weighted by Gasteiger charge is 2.07. The minimum atomic E-state index is -0.945. The zero-order valence-electron chi connectivity index (χ0n) is 12.3. The highest BCUT2D eigenvalue weighted by atomic mass is 16.4. The van der Waals surface area contributed by atoms with Crippen molar-refractivity contribution < 1.29 is 14.7 Å². The average molecular weight is 309 g/mol. The Bertz CT molecular complexity index is 853. The lowest BCUT2D eigenvalue weighted by Gasteiger charge is -2.06. The number of hydrogen-bond donors (Lipinski definition) is 2. The second kappa shape index (κ2) is 6.31. The quantitative estimate of drug-likeness (QED) is 0.755. The molecule has 0 aliphatic carbocycles. The first-order valence-electron chi connectivity index (χ1n) is 7.16. The summed E-state index contributed by atoms with van der Waals surface area (Å²) >= 11 is 0. The van der Waals surface area contributed by atoms with E-state index in [0.717, 1.165) is 11.2 Å². The van der Waals surface area contributed by atoms with Crippen LogP contribution >= 0.6 is 0 Å². The molecule has 0 bridgehead atoms. The summed E-state index contributed by atoms with van der Waals surface area (Å²) in [6, 6.07) is 10.2. The number of imidazole rings is 1. The smallest absolute Gasteiger partial charge is 0.335 e. The third kappa shape index (κ3) is 3.37. The summed E-state index contributed by atoms with van der Waals surface area (Å²) in [5.41, 5.74) is 2.59. The number of carbonyl (C=O) groups is 2. The minimum absolute atomic E-state index is 0.150. The Hall–Kier alpha value is -3.15. The van der Waals surface area contributed by atoms with Gasteiger partial charge in [0.2, 0.25) is 0 Å². The second-order valence-corrected chi connectivity index (χ2v) is 5.12. The number of pyridine rings is 1. The van der Waals surface area contributed by atoms with Gasteiger partial charge in [-0.25, -0.2) is 9.78 Å². The number of carboxylic acid groups (broad SMARTS) is 1. The lowest BCUT2D eigenvalue weighted by Crippen LogP contribution is -2.25. The zero-order chi connectivity index (χ0) is 16.2. The molecular weight excluding hydrogens is 294 g/mol. The second-order valence-electron chi connectivity index (χ2n) is 5.12. The van der Waals surface area contributed by atoms with Gasteiger partial charge in [-0.15, -0.1) is 0 Å². The molecule has 2 aromatic heterocycles. The van der Waals surface area contributed by atoms with Gasteiger partial charge in [0.25, 0.3) is 5.91 Å². The van der Waals surface area contributed by atoms with Crippen molar-refractivity contribution in [3.63, 3.8) is 0 Å². The van der Waals surface area contributed by atoms with E-state index in [4.69, 9.17) is 5.11 Å². The number of amides is 1. The summed E-state index contributed by atoms with van der Waals surface area (Å²) in [5.74, 6) is -1.09. The summed E-state index contributed by atoms with van der Waals surface area (Å²) in [6.07, 6.45) is 5.84. The van der Waals surface area contributed by atoms with Crippen molar-refractivity contribution in [2.45, 2.75) is 6.42 Å². The van der Waals surface area contributed by atoms with Crippen molar-refractivity contribution in [2.75, 3.05) is 6.54 Å². The predicted molar refractivity (Wildman–Crippen MR) is 84.6 cm³/mol. The number of fused-ring (bicyclic) bond motifs is 1. The Morgan fingerprint density at radius 1 is 1.09 bits per heavy atom. The molecule has 1 aromatic carbocycles. The maximum atomic E-state index is 12.1. The van der Waals surface area contributed by atoms with Crippen LogP contribution in [0.25, 0.3) is 5.65 Å². The van der Waals surface area contributed by atoms with Gasteiger partial charge in [0.05, 0.1) is 11.1 Å². The molecular formula is C17H15N3O3. The Kier molecular flexibility index (Phi) is 4.05. The summed E-state index contributed by atoms with van der Waals surface area (Å²) < 4.78 is 1.79. The van der Waals surface area contributed by atoms with Gasteiger partial charge in [-0.3, -0.25) is 4.79 Å². The Balaban J connectivity index is 1.57. The molecule has 0 unspecified atom stereocenters. The van der Waals surface area contributed by atoms with E-state index >= 15 is 0 Å². The Morgan fingerprint density at radius 2 is 1.83 bits per heavy atom. The molecule has 1 amide bonds. The molecule has 0 saturated carbocycles. The van der Waals surface area contributed by atoms with Gasteiger partial charge in [-0.2, -0.15) is 0 Å². The monoisotopic (exact) mass is 309 g/mol. The van der Waals surface area contributed by atoms with Crippen LogP contribution in [0.3, 0.4) is 0 Å². The fraction of sp³-hybridized carbons (Fsp3) is 0.118. The van der Waals surface area contributed by atoms with E-state index in [2.05, 4.69) is 10.3 Å². The fourth-order valence-electron chi connectivity index (χ4n) is 2.29. The van der Waals surface area contributed by atoms with Crippen molar-refractivity contribution in [1.82, 2.24) is 14.7 Å². The fourth-order valence-corrected chi connectivity index (χ4v) is 2.29. The van der Waals surface area contributed by atoms with Crippen LogP contribution in [0.15, 0.2) is 55.0 Å². The molecule has 116 valence electrons. The molecule has 0 fully saturated rings. The third-order valence-corrected chi connectivity index (χ3v) is 3.55. The molecule has 6 nitrogen and oxygen atoms in total. The van der Waals surface area contributed by atoms with Gasteiger partial charge < -0.3 is 14.8 Å². The summed E-state index contributed by atoms with van der Waals surface area (Å²) in [4.78, 5) is 27.0. The molecule has 0 saturated heterocycles. The van der Waals surface area contributed by atoms with Gasteiger partial charge in [-0.05, 0) is 36.2 Å². The number of hydrogen-bond acceptors (Lipinski definition) is 3. The topological polar surface area (TPSA) is 83.7 Å². The van der Waals surface area contributed by atoms with Crippen molar-refractivity contribution in [3.8, 4) is 0 Å². The van der Waals surface area contributed by atoms with Crippen LogP contribution in [0.1, 0.15) is 26.3 Å². The first kappa shape index (κ1) is 14.8. The molecule has 6 heteroatoms. The molecule has 2 N–H and O–H groups in total. The largest absolute Gasteiger partial charge is 0.478 e. The molecule has 0 spiro atoms. The first-order valence-corrected chi connectivity index (χ1v) is 7.16. The molecule has 23 heavy (non-hydrogen) atoms. The summed E-state index contributed by atoms with van der Waals surface area (Å²) in [5, 5.41) is 11.7. The molecule has 0 aliphatic heterocycles. The van der Waals surface area contributed by atoms with E-state index < -0.39 is 5.97 Å². The Morgan fingerprint density at radius 3 is 2.57 bits per heavy atom. The van der Waals surface area contributed by atoms with Crippen molar-refractivity contribution in [2.24, 2.45) is 0 Å². The third-order valence-electron chi connectivity index (χ3n) is 3.55. The molecule has 3 aromatic rings. The number of rotatable bonds is 5. The standard InChI is InChI=1S/C17H15N3O3/c21-16(14-5-6-15-18-9-10-20(15)11-14)19-8-7-12-1-3-13(4-2-12)17(22)23/h1-6,9-11H,7-8H2,(H,19,21)(H,22,23). The van der Waals surface area contributed by atoms with Crippen molar-refractivity contribution in [1.29, 1.82) is 0 Å². The Labute approximate surface area is 132 Å². The van der Waals surface area contributed by atoms with Crippen molar-refractivity contribution in [3.05, 3.63) is 71.7 Å². The summed E-state index contributed by atoms with van der Waals surface area (Å²) in [7, 11) is 0. The minimum Gasteiger partial charge on any atom is -0.478 e. The number of carboxylic acids is 1. The van der Waals surface area contributed by atoms with Crippen LogP contribution in [-0.2, 0) is 6.42 Å². The van der Waals surface area contributed by atoms with Gasteiger partial charge in [0.15, 0.2) is 0 Å². The highest BCUT2D eigenvalue weighted by molar-refractivity contribution is 5.94. The molecule has 0 radical (unpaired) electrons. The van der Waals surface area contributed by atoms with Crippen LogP contribution in [0.2, 0.25) is 0 Å². The van der Waals surface area contributed by atoms with E-state index in [0.29, 0.717) is 18.5 Å². The van der Waals surface area contributed by atoms with E-state index in [1.165, 1.54) is 0 Å². The average Bonchev–Trinajstić information content (AvgIpc) is 3.02. The predicted octanol–water partition coefficient (Wildman–Crippen LogP) is 2.00. The SMILES string of the molecule is O=C(O)c1ccc(CCNC(=O)c2ccc3nccn3c2)cc1. The van der Waals surface area contributed by atoms with Gasteiger partial charge in [0, 0.05) is 25.1 Å². The number of nitrogens with one attached hydrogen (secondary N) is 1. The number of aromatic nitrogens is 2. The summed E-state index contributed by atoms with van der Waals surface area (Å²) in [6.45, 7) is 0.479. The van der Waals surface area contributed by atoms with Crippen molar-refractivity contribution >= 4 is 17.5 Å². The van der Waals surface area contributed by atoms with E-state index in [1.807, 2.05) is 0 Å². The van der Waals surface area contributed by atoms with Crippen LogP contribution in [0.5, 0.6) is 0 Å². The normalized spacial score (nSPS) is 10.6. The molecule has 3 rings (SSSR count).